The van der Waals surface area contributed by atoms with Crippen LogP contribution >= 0.6 is 0 Å². The van der Waals surface area contributed by atoms with E-state index in [0.717, 1.165) is 16.7 Å². The molecule has 0 radical (unpaired) electrons. The summed E-state index contributed by atoms with van der Waals surface area (Å²) in [5.74, 6) is 0.556. The van der Waals surface area contributed by atoms with Crippen LogP contribution in [0.2, 0.25) is 0 Å². The minimum atomic E-state index is 0.0474. The highest BCUT2D eigenvalue weighted by molar-refractivity contribution is 5.49. The smallest absolute Gasteiger partial charge is 0.115 e. The van der Waals surface area contributed by atoms with E-state index in [1.165, 1.54) is 0 Å². The van der Waals surface area contributed by atoms with Crippen LogP contribution in [0.1, 0.15) is 17.0 Å². The highest BCUT2D eigenvalue weighted by Crippen LogP contribution is 2.34. The molecular formula is C18H14O2. The SMILES string of the molecule is Oc1ccc(C(C2=C=CC=C2)c2ccc(O)cc2)cc1. The Balaban J connectivity index is 2.09. The van der Waals surface area contributed by atoms with E-state index in [1.54, 1.807) is 24.3 Å². The average molecular weight is 262 g/mol. The number of phenols is 2. The lowest BCUT2D eigenvalue weighted by atomic mass is 9.85. The molecule has 2 N–H and O–H groups in total. The molecule has 0 aromatic heterocycles. The lowest BCUT2D eigenvalue weighted by molar-refractivity contribution is 0.475. The fraction of sp³-hybridized carbons (Fsp3) is 0.0556. The molecule has 0 aliphatic heterocycles. The van der Waals surface area contributed by atoms with Gasteiger partial charge in [0.05, 0.1) is 0 Å². The van der Waals surface area contributed by atoms with Crippen LogP contribution in [0, 0.1) is 0 Å². The van der Waals surface area contributed by atoms with Crippen molar-refractivity contribution in [3.63, 3.8) is 0 Å². The second-order valence-electron chi connectivity index (χ2n) is 4.74. The van der Waals surface area contributed by atoms with Crippen LogP contribution in [0.5, 0.6) is 11.5 Å². The monoisotopic (exact) mass is 262 g/mol. The summed E-state index contributed by atoms with van der Waals surface area (Å²) in [5, 5.41) is 18.9. The van der Waals surface area contributed by atoms with Crippen molar-refractivity contribution >= 4 is 0 Å². The molecule has 0 bridgehead atoms. The highest BCUT2D eigenvalue weighted by Gasteiger charge is 2.18. The zero-order chi connectivity index (χ0) is 13.9. The number of hydrogen-bond donors (Lipinski definition) is 2. The van der Waals surface area contributed by atoms with Gasteiger partial charge in [0.25, 0.3) is 0 Å². The Hall–Kier alpha value is -2.70. The Bertz CT molecular complexity index is 655. The topological polar surface area (TPSA) is 40.5 Å². The van der Waals surface area contributed by atoms with Crippen molar-refractivity contribution in [3.05, 3.63) is 89.2 Å². The van der Waals surface area contributed by atoms with E-state index in [2.05, 4.69) is 5.73 Å². The summed E-state index contributed by atoms with van der Waals surface area (Å²) in [5.41, 5.74) is 6.47. The molecule has 0 saturated carbocycles. The van der Waals surface area contributed by atoms with Crippen LogP contribution in [-0.2, 0) is 0 Å². The molecule has 2 nitrogen and oxygen atoms in total. The van der Waals surface area contributed by atoms with Crippen molar-refractivity contribution in [1.82, 2.24) is 0 Å². The zero-order valence-corrected chi connectivity index (χ0v) is 10.8. The van der Waals surface area contributed by atoms with Crippen LogP contribution in [0.4, 0.5) is 0 Å². The van der Waals surface area contributed by atoms with Crippen LogP contribution in [0.3, 0.4) is 0 Å². The summed E-state index contributed by atoms with van der Waals surface area (Å²) in [7, 11) is 0. The fourth-order valence-electron chi connectivity index (χ4n) is 2.41. The average Bonchev–Trinajstić information content (AvgIpc) is 2.97. The van der Waals surface area contributed by atoms with E-state index in [0.29, 0.717) is 0 Å². The van der Waals surface area contributed by atoms with Gasteiger partial charge in [-0.1, -0.05) is 30.3 Å². The Morgan fingerprint density at radius 1 is 0.750 bits per heavy atom. The fourth-order valence-corrected chi connectivity index (χ4v) is 2.41. The zero-order valence-electron chi connectivity index (χ0n) is 10.8. The van der Waals surface area contributed by atoms with Crippen LogP contribution in [0.25, 0.3) is 0 Å². The molecule has 1 aliphatic rings. The number of benzene rings is 2. The number of rotatable bonds is 3. The molecule has 98 valence electrons. The molecule has 2 heteroatoms. The third kappa shape index (κ3) is 2.37. The molecular weight excluding hydrogens is 248 g/mol. The van der Waals surface area contributed by atoms with Gasteiger partial charge in [-0.15, -0.1) is 5.73 Å². The normalized spacial score (nSPS) is 12.9. The summed E-state index contributed by atoms with van der Waals surface area (Å²) >= 11 is 0. The number of allylic oxidation sites excluding steroid dienone is 3. The maximum Gasteiger partial charge on any atom is 0.115 e. The summed E-state index contributed by atoms with van der Waals surface area (Å²) in [6.07, 6.45) is 5.89. The van der Waals surface area contributed by atoms with Crippen LogP contribution in [0.15, 0.2) is 78.1 Å². The highest BCUT2D eigenvalue weighted by atomic mass is 16.3. The summed E-state index contributed by atoms with van der Waals surface area (Å²) in [6, 6.07) is 14.4. The van der Waals surface area contributed by atoms with E-state index < -0.39 is 0 Å². The van der Waals surface area contributed by atoms with E-state index in [9.17, 15) is 10.2 Å². The molecule has 20 heavy (non-hydrogen) atoms. The predicted octanol–water partition coefficient (Wildman–Crippen LogP) is 3.88. The van der Waals surface area contributed by atoms with Gasteiger partial charge in [0.15, 0.2) is 0 Å². The lowest BCUT2D eigenvalue weighted by Crippen LogP contribution is -2.02. The van der Waals surface area contributed by atoms with Crippen LogP contribution < -0.4 is 0 Å². The third-order valence-electron chi connectivity index (χ3n) is 3.39. The molecule has 2 aromatic rings. The summed E-state index contributed by atoms with van der Waals surface area (Å²) in [6.45, 7) is 0. The maximum absolute atomic E-state index is 9.44. The first kappa shape index (κ1) is 12.3. The Labute approximate surface area is 117 Å². The molecule has 2 aromatic carbocycles. The summed E-state index contributed by atoms with van der Waals surface area (Å²) < 4.78 is 0. The molecule has 0 saturated heterocycles. The van der Waals surface area contributed by atoms with Crippen molar-refractivity contribution in [1.29, 1.82) is 0 Å². The Kier molecular flexibility index (Phi) is 3.16. The molecule has 3 rings (SSSR count). The lowest BCUT2D eigenvalue weighted by Gasteiger charge is -2.18. The van der Waals surface area contributed by atoms with Gasteiger partial charge in [-0.3, -0.25) is 0 Å². The van der Waals surface area contributed by atoms with Crippen molar-refractivity contribution in [2.45, 2.75) is 5.92 Å². The number of hydrogen-bond acceptors (Lipinski definition) is 2. The number of phenolic OH excluding ortho intramolecular Hbond substituents is 2. The van der Waals surface area contributed by atoms with Crippen LogP contribution in [-0.4, -0.2) is 10.2 Å². The van der Waals surface area contributed by atoms with E-state index >= 15 is 0 Å². The molecule has 0 atom stereocenters. The van der Waals surface area contributed by atoms with E-state index in [-0.39, 0.29) is 17.4 Å². The molecule has 0 heterocycles. The molecule has 0 fully saturated rings. The van der Waals surface area contributed by atoms with Gasteiger partial charge in [-0.05, 0) is 47.5 Å². The molecule has 0 spiro atoms. The largest absolute Gasteiger partial charge is 0.508 e. The van der Waals surface area contributed by atoms with Gasteiger partial charge in [0.1, 0.15) is 11.5 Å². The van der Waals surface area contributed by atoms with Crippen molar-refractivity contribution in [2.75, 3.05) is 0 Å². The first-order valence-electron chi connectivity index (χ1n) is 6.45. The third-order valence-corrected chi connectivity index (χ3v) is 3.39. The van der Waals surface area contributed by atoms with E-state index in [4.69, 9.17) is 0 Å². The molecule has 0 amide bonds. The van der Waals surface area contributed by atoms with Gasteiger partial charge in [0, 0.05) is 11.5 Å². The van der Waals surface area contributed by atoms with Crippen molar-refractivity contribution in [2.24, 2.45) is 0 Å². The van der Waals surface area contributed by atoms with Gasteiger partial charge in [-0.25, -0.2) is 0 Å². The van der Waals surface area contributed by atoms with Gasteiger partial charge in [0.2, 0.25) is 0 Å². The minimum absolute atomic E-state index is 0.0474. The van der Waals surface area contributed by atoms with E-state index in [1.807, 2.05) is 42.5 Å². The predicted molar refractivity (Wildman–Crippen MR) is 78.8 cm³/mol. The van der Waals surface area contributed by atoms with Gasteiger partial charge < -0.3 is 10.2 Å². The van der Waals surface area contributed by atoms with Crippen molar-refractivity contribution in [3.8, 4) is 11.5 Å². The minimum Gasteiger partial charge on any atom is -0.508 e. The maximum atomic E-state index is 9.44. The van der Waals surface area contributed by atoms with Gasteiger partial charge >= 0.3 is 0 Å². The second-order valence-corrected chi connectivity index (χ2v) is 4.74. The number of aromatic hydroxyl groups is 2. The standard InChI is InChI=1S/C18H14O2/c19-16-9-5-14(6-10-16)18(13-3-1-2-4-13)15-7-11-17(20)12-8-15/h1-3,5-12,18-20H. The Morgan fingerprint density at radius 2 is 1.25 bits per heavy atom. The molecule has 0 unspecified atom stereocenters. The molecule has 1 aliphatic carbocycles. The second kappa shape index (κ2) is 5.12. The first-order chi connectivity index (χ1) is 9.74. The summed E-state index contributed by atoms with van der Waals surface area (Å²) in [4.78, 5) is 0. The Morgan fingerprint density at radius 3 is 1.65 bits per heavy atom. The first-order valence-corrected chi connectivity index (χ1v) is 6.45. The van der Waals surface area contributed by atoms with Crippen molar-refractivity contribution < 1.29 is 10.2 Å². The quantitative estimate of drug-likeness (QED) is 0.824. The van der Waals surface area contributed by atoms with Gasteiger partial charge in [-0.2, -0.15) is 0 Å².